The van der Waals surface area contributed by atoms with Gasteiger partial charge in [0.15, 0.2) is 0 Å². The molecule has 0 bridgehead atoms. The van der Waals surface area contributed by atoms with Gasteiger partial charge in [0, 0.05) is 19.5 Å². The third kappa shape index (κ3) is 3.99. The Kier molecular flexibility index (Phi) is 5.57. The number of methoxy groups -OCH3 is 2. The largest absolute Gasteiger partial charge is 0.481 e. The molecule has 0 aliphatic heterocycles. The summed E-state index contributed by atoms with van der Waals surface area (Å²) in [6.07, 6.45) is 0.617. The van der Waals surface area contributed by atoms with Crippen LogP contribution in [-0.4, -0.2) is 42.3 Å². The lowest BCUT2D eigenvalue weighted by atomic mass is 10.4. The van der Waals surface area contributed by atoms with Gasteiger partial charge in [-0.1, -0.05) is 12.2 Å². The van der Waals surface area contributed by atoms with Crippen molar-refractivity contribution in [1.82, 2.24) is 9.97 Å². The Balaban J connectivity index is 2.93. The summed E-state index contributed by atoms with van der Waals surface area (Å²) in [5.74, 6) is 1.47. The molecule has 1 aromatic rings. The van der Waals surface area contributed by atoms with E-state index in [1.807, 2.05) is 11.8 Å². The Hall–Kier alpha value is -1.63. The van der Waals surface area contributed by atoms with Crippen molar-refractivity contribution in [2.45, 2.75) is 13.3 Å². The average Bonchev–Trinajstić information content (AvgIpc) is 2.38. The van der Waals surface area contributed by atoms with Crippen molar-refractivity contribution < 1.29 is 9.47 Å². The van der Waals surface area contributed by atoms with Crippen LogP contribution in [0.25, 0.3) is 0 Å². The minimum Gasteiger partial charge on any atom is -0.481 e. The predicted octanol–water partition coefficient (Wildman–Crippen LogP) is 0.996. The van der Waals surface area contributed by atoms with E-state index in [4.69, 9.17) is 27.4 Å². The van der Waals surface area contributed by atoms with Crippen molar-refractivity contribution in [1.29, 1.82) is 0 Å². The molecule has 2 N–H and O–H groups in total. The molecule has 0 amide bonds. The molecule has 100 valence electrons. The molecule has 0 aliphatic carbocycles. The smallest absolute Gasteiger partial charge is 0.231 e. The van der Waals surface area contributed by atoms with Crippen LogP contribution in [0.1, 0.15) is 13.3 Å². The highest BCUT2D eigenvalue weighted by atomic mass is 32.1. The van der Waals surface area contributed by atoms with Crippen LogP contribution in [0.2, 0.25) is 0 Å². The quantitative estimate of drug-likeness (QED) is 0.741. The Morgan fingerprint density at radius 1 is 1.33 bits per heavy atom. The van der Waals surface area contributed by atoms with E-state index in [0.717, 1.165) is 6.54 Å². The molecule has 0 spiro atoms. The monoisotopic (exact) mass is 270 g/mol. The lowest BCUT2D eigenvalue weighted by Gasteiger charge is -2.21. The summed E-state index contributed by atoms with van der Waals surface area (Å²) in [5.41, 5.74) is 5.50. The van der Waals surface area contributed by atoms with Gasteiger partial charge in [-0.3, -0.25) is 0 Å². The Bertz CT molecular complexity index is 392. The van der Waals surface area contributed by atoms with E-state index in [-0.39, 0.29) is 0 Å². The molecule has 0 aliphatic rings. The summed E-state index contributed by atoms with van der Waals surface area (Å²) in [7, 11) is 3.10. The van der Waals surface area contributed by atoms with Crippen molar-refractivity contribution in [3.8, 4) is 11.8 Å². The molecule has 0 aromatic carbocycles. The van der Waals surface area contributed by atoms with Crippen LogP contribution in [0.5, 0.6) is 11.8 Å². The Morgan fingerprint density at radius 2 is 1.89 bits per heavy atom. The van der Waals surface area contributed by atoms with E-state index in [2.05, 4.69) is 9.97 Å². The molecule has 7 heteroatoms. The molecule has 0 atom stereocenters. The molecule has 1 heterocycles. The normalized spacial score (nSPS) is 9.94. The van der Waals surface area contributed by atoms with Crippen LogP contribution in [0.4, 0.5) is 5.95 Å². The molecule has 18 heavy (non-hydrogen) atoms. The minimum atomic E-state index is 0.464. The molecule has 1 aromatic heterocycles. The third-order valence-electron chi connectivity index (χ3n) is 2.38. The van der Waals surface area contributed by atoms with Gasteiger partial charge in [0.05, 0.1) is 25.3 Å². The van der Waals surface area contributed by atoms with Crippen LogP contribution < -0.4 is 20.1 Å². The van der Waals surface area contributed by atoms with Crippen molar-refractivity contribution >= 4 is 23.2 Å². The number of nitrogens with zero attached hydrogens (tertiary/aromatic N) is 3. The second-order valence-corrected chi connectivity index (χ2v) is 4.07. The number of aromatic nitrogens is 2. The van der Waals surface area contributed by atoms with E-state index in [0.29, 0.717) is 35.7 Å². The highest BCUT2D eigenvalue weighted by Crippen LogP contribution is 2.20. The van der Waals surface area contributed by atoms with Gasteiger partial charge in [-0.05, 0) is 6.92 Å². The number of ether oxygens (including phenoxy) is 2. The number of rotatable bonds is 7. The Labute approximate surface area is 112 Å². The van der Waals surface area contributed by atoms with E-state index in [9.17, 15) is 0 Å². The first-order valence-corrected chi connectivity index (χ1v) is 6.01. The first-order valence-electron chi connectivity index (χ1n) is 5.61. The molecule has 0 saturated heterocycles. The third-order valence-corrected chi connectivity index (χ3v) is 2.58. The molecule has 0 fully saturated rings. The summed E-state index contributed by atoms with van der Waals surface area (Å²) in [4.78, 5) is 11.0. The number of hydrogen-bond acceptors (Lipinski definition) is 6. The van der Waals surface area contributed by atoms with Crippen LogP contribution in [0.15, 0.2) is 6.07 Å². The van der Waals surface area contributed by atoms with E-state index in [1.165, 1.54) is 0 Å². The predicted molar refractivity (Wildman–Crippen MR) is 74.4 cm³/mol. The molecule has 0 saturated carbocycles. The first kappa shape index (κ1) is 14.4. The topological polar surface area (TPSA) is 73.5 Å². The van der Waals surface area contributed by atoms with E-state index >= 15 is 0 Å². The van der Waals surface area contributed by atoms with Gasteiger partial charge < -0.3 is 20.1 Å². The highest BCUT2D eigenvalue weighted by molar-refractivity contribution is 7.80. The summed E-state index contributed by atoms with van der Waals surface area (Å²) in [6.45, 7) is 3.43. The highest BCUT2D eigenvalue weighted by Gasteiger charge is 2.12. The van der Waals surface area contributed by atoms with Crippen LogP contribution in [0, 0.1) is 0 Å². The van der Waals surface area contributed by atoms with Gasteiger partial charge in [0.1, 0.15) is 0 Å². The molecule has 0 unspecified atom stereocenters. The summed E-state index contributed by atoms with van der Waals surface area (Å²) in [6, 6.07) is 1.63. The average molecular weight is 270 g/mol. The van der Waals surface area contributed by atoms with E-state index < -0.39 is 0 Å². The van der Waals surface area contributed by atoms with E-state index in [1.54, 1.807) is 20.3 Å². The van der Waals surface area contributed by atoms with Crippen molar-refractivity contribution in [2.24, 2.45) is 5.73 Å². The summed E-state index contributed by atoms with van der Waals surface area (Å²) >= 11 is 4.87. The molecule has 0 radical (unpaired) electrons. The number of nitrogens with two attached hydrogens (primary N) is 1. The molecule has 6 nitrogen and oxygen atoms in total. The maximum Gasteiger partial charge on any atom is 0.231 e. The lowest BCUT2D eigenvalue weighted by molar-refractivity contribution is 0.371. The van der Waals surface area contributed by atoms with Gasteiger partial charge in [-0.2, -0.15) is 9.97 Å². The Morgan fingerprint density at radius 3 is 2.28 bits per heavy atom. The number of thiocarbonyl (C=S) groups is 1. The zero-order chi connectivity index (χ0) is 13.5. The van der Waals surface area contributed by atoms with Crippen LogP contribution >= 0.6 is 12.2 Å². The van der Waals surface area contributed by atoms with Gasteiger partial charge in [-0.15, -0.1) is 0 Å². The van der Waals surface area contributed by atoms with Gasteiger partial charge >= 0.3 is 0 Å². The SMILES string of the molecule is CCN(CCC(N)=S)c1nc(OC)cc(OC)n1. The molecular formula is C11H18N4O2S. The minimum absolute atomic E-state index is 0.464. The van der Waals surface area contributed by atoms with Crippen molar-refractivity contribution in [2.75, 3.05) is 32.2 Å². The lowest BCUT2D eigenvalue weighted by Crippen LogP contribution is -2.29. The molecule has 1 rings (SSSR count). The summed E-state index contributed by atoms with van der Waals surface area (Å²) in [5, 5.41) is 0. The second-order valence-electron chi connectivity index (χ2n) is 3.55. The zero-order valence-electron chi connectivity index (χ0n) is 10.8. The van der Waals surface area contributed by atoms with Gasteiger partial charge in [0.25, 0.3) is 0 Å². The molecular weight excluding hydrogens is 252 g/mol. The van der Waals surface area contributed by atoms with Crippen LogP contribution in [-0.2, 0) is 0 Å². The standard InChI is InChI=1S/C11H18N4O2S/c1-4-15(6-5-8(12)18)11-13-9(16-2)7-10(14-11)17-3/h7H,4-6H2,1-3H3,(H2,12,18). The second kappa shape index (κ2) is 6.95. The maximum absolute atomic E-state index is 5.50. The van der Waals surface area contributed by atoms with Crippen molar-refractivity contribution in [3.63, 3.8) is 0 Å². The zero-order valence-corrected chi connectivity index (χ0v) is 11.7. The fourth-order valence-corrected chi connectivity index (χ4v) is 1.48. The summed E-state index contributed by atoms with van der Waals surface area (Å²) < 4.78 is 10.2. The van der Waals surface area contributed by atoms with Gasteiger partial charge in [0.2, 0.25) is 17.7 Å². The number of anilines is 1. The van der Waals surface area contributed by atoms with Gasteiger partial charge in [-0.25, -0.2) is 0 Å². The fraction of sp³-hybridized carbons (Fsp3) is 0.545. The van der Waals surface area contributed by atoms with Crippen molar-refractivity contribution in [3.05, 3.63) is 6.07 Å². The first-order chi connectivity index (χ1) is 8.60. The maximum atomic E-state index is 5.50. The van der Waals surface area contributed by atoms with Crippen LogP contribution in [0.3, 0.4) is 0 Å². The number of hydrogen-bond donors (Lipinski definition) is 1. The fourth-order valence-electron chi connectivity index (χ4n) is 1.39.